The molecule has 2 rings (SSSR count). The number of piperidine rings is 1. The molecule has 0 saturated carbocycles. The highest BCUT2D eigenvalue weighted by atomic mass is 32.2. The molecule has 1 atom stereocenters. The number of nitrogens with zero attached hydrogens (tertiary/aromatic N) is 1. The zero-order chi connectivity index (χ0) is 13.0. The van der Waals surface area contributed by atoms with Crippen molar-refractivity contribution in [1.29, 1.82) is 0 Å². The number of nitrogens with one attached hydrogen (secondary N) is 1. The Balaban J connectivity index is 1.99. The van der Waals surface area contributed by atoms with Gasteiger partial charge >= 0.3 is 0 Å². The Morgan fingerprint density at radius 1 is 1.28 bits per heavy atom. The van der Waals surface area contributed by atoms with Crippen molar-refractivity contribution in [2.75, 3.05) is 6.54 Å². The lowest BCUT2D eigenvalue weighted by Gasteiger charge is -2.32. The molecule has 5 heteroatoms. The first kappa shape index (κ1) is 13.5. The third-order valence-electron chi connectivity index (χ3n) is 3.35. The Morgan fingerprint density at radius 2 is 2.00 bits per heavy atom. The van der Waals surface area contributed by atoms with Crippen LogP contribution in [0.3, 0.4) is 0 Å². The molecule has 0 radical (unpaired) electrons. The third kappa shape index (κ3) is 3.31. The normalized spacial score (nSPS) is 21.9. The van der Waals surface area contributed by atoms with Gasteiger partial charge in [0.1, 0.15) is 0 Å². The van der Waals surface area contributed by atoms with Crippen molar-refractivity contribution in [2.24, 2.45) is 0 Å². The highest BCUT2D eigenvalue weighted by Crippen LogP contribution is 2.19. The van der Waals surface area contributed by atoms with E-state index in [9.17, 15) is 8.42 Å². The fraction of sp³-hybridized carbons (Fsp3) is 0.538. The van der Waals surface area contributed by atoms with Crippen LogP contribution in [0.5, 0.6) is 0 Å². The highest BCUT2D eigenvalue weighted by molar-refractivity contribution is 7.87. The summed E-state index contributed by atoms with van der Waals surface area (Å²) in [6, 6.07) is 9.68. The molecule has 1 aromatic rings. The van der Waals surface area contributed by atoms with Gasteiger partial charge in [0.25, 0.3) is 10.2 Å². The van der Waals surface area contributed by atoms with E-state index in [1.807, 2.05) is 37.3 Å². The van der Waals surface area contributed by atoms with Gasteiger partial charge in [-0.15, -0.1) is 0 Å². The number of rotatable bonds is 4. The van der Waals surface area contributed by atoms with Crippen LogP contribution in [0.25, 0.3) is 0 Å². The summed E-state index contributed by atoms with van der Waals surface area (Å²) in [5.41, 5.74) is 0.978. The highest BCUT2D eigenvalue weighted by Gasteiger charge is 2.28. The molecular weight excluding hydrogens is 248 g/mol. The average Bonchev–Trinajstić information content (AvgIpc) is 2.38. The van der Waals surface area contributed by atoms with Gasteiger partial charge in [-0.25, -0.2) is 0 Å². The molecule has 1 fully saturated rings. The lowest BCUT2D eigenvalue weighted by Crippen LogP contribution is -2.47. The second kappa shape index (κ2) is 5.82. The maximum Gasteiger partial charge on any atom is 0.279 e. The predicted octanol–water partition coefficient (Wildman–Crippen LogP) is 1.90. The van der Waals surface area contributed by atoms with Crippen LogP contribution in [0, 0.1) is 0 Å². The van der Waals surface area contributed by atoms with E-state index >= 15 is 0 Å². The van der Waals surface area contributed by atoms with Crippen molar-refractivity contribution in [3.05, 3.63) is 35.9 Å². The largest absolute Gasteiger partial charge is 0.279 e. The van der Waals surface area contributed by atoms with Gasteiger partial charge in [-0.2, -0.15) is 17.4 Å². The van der Waals surface area contributed by atoms with Gasteiger partial charge in [0.15, 0.2) is 0 Å². The van der Waals surface area contributed by atoms with Gasteiger partial charge in [-0.1, -0.05) is 36.8 Å². The van der Waals surface area contributed by atoms with E-state index in [0.29, 0.717) is 13.1 Å². The maximum atomic E-state index is 12.2. The summed E-state index contributed by atoms with van der Waals surface area (Å²) in [6.07, 6.45) is 3.02. The monoisotopic (exact) mass is 268 g/mol. The van der Waals surface area contributed by atoms with Crippen LogP contribution in [0.4, 0.5) is 0 Å². The molecule has 1 aromatic carbocycles. The van der Waals surface area contributed by atoms with E-state index in [2.05, 4.69) is 4.72 Å². The van der Waals surface area contributed by atoms with E-state index in [1.54, 1.807) is 4.31 Å². The molecule has 0 amide bonds. The summed E-state index contributed by atoms with van der Waals surface area (Å²) in [5.74, 6) is 0. The Kier molecular flexibility index (Phi) is 4.37. The zero-order valence-corrected chi connectivity index (χ0v) is 11.5. The minimum atomic E-state index is -3.35. The molecule has 0 aliphatic carbocycles. The molecule has 1 heterocycles. The second-order valence-corrected chi connectivity index (χ2v) is 6.48. The van der Waals surface area contributed by atoms with Crippen LogP contribution in [0.15, 0.2) is 30.3 Å². The van der Waals surface area contributed by atoms with Gasteiger partial charge in [0.2, 0.25) is 0 Å². The molecule has 0 bridgehead atoms. The summed E-state index contributed by atoms with van der Waals surface area (Å²) < 4.78 is 28.6. The van der Waals surface area contributed by atoms with E-state index in [1.165, 1.54) is 0 Å². The Hall–Kier alpha value is -0.910. The maximum absolute atomic E-state index is 12.2. The van der Waals surface area contributed by atoms with Crippen LogP contribution >= 0.6 is 0 Å². The van der Waals surface area contributed by atoms with Gasteiger partial charge in [-0.3, -0.25) is 0 Å². The topological polar surface area (TPSA) is 49.4 Å². The molecule has 18 heavy (non-hydrogen) atoms. The van der Waals surface area contributed by atoms with Crippen molar-refractivity contribution < 1.29 is 8.42 Å². The van der Waals surface area contributed by atoms with E-state index < -0.39 is 10.2 Å². The van der Waals surface area contributed by atoms with Crippen molar-refractivity contribution in [2.45, 2.75) is 38.8 Å². The van der Waals surface area contributed by atoms with Crippen LogP contribution < -0.4 is 4.72 Å². The van der Waals surface area contributed by atoms with E-state index in [0.717, 1.165) is 24.8 Å². The zero-order valence-electron chi connectivity index (χ0n) is 10.7. The number of hydrogen-bond donors (Lipinski definition) is 1. The first-order valence-electron chi connectivity index (χ1n) is 6.40. The molecule has 1 aliphatic heterocycles. The van der Waals surface area contributed by atoms with Crippen molar-refractivity contribution in [1.82, 2.24) is 9.03 Å². The third-order valence-corrected chi connectivity index (χ3v) is 5.02. The number of hydrogen-bond acceptors (Lipinski definition) is 2. The molecule has 4 nitrogen and oxygen atoms in total. The van der Waals surface area contributed by atoms with Crippen LogP contribution in [0.1, 0.15) is 31.7 Å². The smallest absolute Gasteiger partial charge is 0.198 e. The van der Waals surface area contributed by atoms with Crippen molar-refractivity contribution >= 4 is 10.2 Å². The minimum Gasteiger partial charge on any atom is -0.198 e. The summed E-state index contributed by atoms with van der Waals surface area (Å²) >= 11 is 0. The Morgan fingerprint density at radius 3 is 2.67 bits per heavy atom. The summed E-state index contributed by atoms with van der Waals surface area (Å²) in [5, 5.41) is 0. The lowest BCUT2D eigenvalue weighted by molar-refractivity contribution is 0.265. The van der Waals surface area contributed by atoms with Gasteiger partial charge < -0.3 is 0 Å². The standard InChI is InChI=1S/C13H20N2O2S/c1-12-7-5-6-10-15(12)18(16,17)14-11-13-8-3-2-4-9-13/h2-4,8-9,12,14H,5-7,10-11H2,1H3/t12-/m0/s1. The fourth-order valence-corrected chi connectivity index (χ4v) is 3.75. The van der Waals surface area contributed by atoms with Gasteiger partial charge in [-0.05, 0) is 25.3 Å². The first-order valence-corrected chi connectivity index (χ1v) is 7.84. The summed E-state index contributed by atoms with van der Waals surface area (Å²) in [6.45, 7) is 2.96. The predicted molar refractivity (Wildman–Crippen MR) is 72.2 cm³/mol. The molecule has 100 valence electrons. The summed E-state index contributed by atoms with van der Waals surface area (Å²) in [7, 11) is -3.35. The molecule has 0 unspecified atom stereocenters. The van der Waals surface area contributed by atoms with Crippen LogP contribution in [-0.2, 0) is 16.8 Å². The molecule has 0 aromatic heterocycles. The molecule has 1 N–H and O–H groups in total. The first-order chi connectivity index (χ1) is 8.59. The SMILES string of the molecule is C[C@H]1CCCCN1S(=O)(=O)NCc1ccccc1. The van der Waals surface area contributed by atoms with Crippen LogP contribution in [0.2, 0.25) is 0 Å². The van der Waals surface area contributed by atoms with Crippen LogP contribution in [-0.4, -0.2) is 25.3 Å². The Bertz CT molecular complexity index is 473. The van der Waals surface area contributed by atoms with Crippen molar-refractivity contribution in [3.8, 4) is 0 Å². The second-order valence-electron chi connectivity index (χ2n) is 4.77. The minimum absolute atomic E-state index is 0.104. The molecule has 1 aliphatic rings. The quantitative estimate of drug-likeness (QED) is 0.906. The van der Waals surface area contributed by atoms with Crippen molar-refractivity contribution in [3.63, 3.8) is 0 Å². The van der Waals surface area contributed by atoms with E-state index in [-0.39, 0.29) is 6.04 Å². The average molecular weight is 268 g/mol. The lowest BCUT2D eigenvalue weighted by atomic mass is 10.1. The van der Waals surface area contributed by atoms with E-state index in [4.69, 9.17) is 0 Å². The summed E-state index contributed by atoms with van der Waals surface area (Å²) in [4.78, 5) is 0. The fourth-order valence-electron chi connectivity index (χ4n) is 2.28. The number of benzene rings is 1. The molecule has 0 spiro atoms. The molecule has 1 saturated heterocycles. The van der Waals surface area contributed by atoms with Gasteiger partial charge in [0.05, 0.1) is 0 Å². The Labute approximate surface area is 109 Å². The molecular formula is C13H20N2O2S. The van der Waals surface area contributed by atoms with Gasteiger partial charge in [0, 0.05) is 19.1 Å².